The molecule has 0 heterocycles. The molecule has 1 atom stereocenters. The van der Waals surface area contributed by atoms with E-state index in [0.29, 0.717) is 12.8 Å². The van der Waals surface area contributed by atoms with Gasteiger partial charge in [0.25, 0.3) is 0 Å². The molecule has 396 valence electrons. The van der Waals surface area contributed by atoms with Crippen LogP contribution in [0.15, 0.2) is 85.1 Å². The molecule has 0 aromatic carbocycles. The van der Waals surface area contributed by atoms with Gasteiger partial charge in [0, 0.05) is 19.3 Å². The van der Waals surface area contributed by atoms with Gasteiger partial charge in [-0.05, 0) is 116 Å². The first-order valence-corrected chi connectivity index (χ1v) is 29.1. The van der Waals surface area contributed by atoms with E-state index in [-0.39, 0.29) is 37.5 Å². The molecule has 0 bridgehead atoms. The highest BCUT2D eigenvalue weighted by Crippen LogP contribution is 2.15. The fourth-order valence-corrected chi connectivity index (χ4v) is 7.99. The second-order valence-corrected chi connectivity index (χ2v) is 19.2. The average molecular weight is 962 g/mol. The van der Waals surface area contributed by atoms with Crippen LogP contribution in [0.4, 0.5) is 0 Å². The number of esters is 3. The summed E-state index contributed by atoms with van der Waals surface area (Å²) in [5.41, 5.74) is 0. The Hall–Kier alpha value is -3.41. The molecule has 0 unspecified atom stereocenters. The molecule has 0 saturated heterocycles. The minimum Gasteiger partial charge on any atom is -0.462 e. The van der Waals surface area contributed by atoms with Crippen LogP contribution in [0.2, 0.25) is 0 Å². The maximum Gasteiger partial charge on any atom is 0.306 e. The lowest BCUT2D eigenvalue weighted by Crippen LogP contribution is -2.30. The summed E-state index contributed by atoms with van der Waals surface area (Å²) in [6, 6.07) is 0. The Balaban J connectivity index is 4.46. The summed E-state index contributed by atoms with van der Waals surface area (Å²) in [5, 5.41) is 0. The molecule has 0 spiro atoms. The molecule has 0 rings (SSSR count). The van der Waals surface area contributed by atoms with E-state index in [1.165, 1.54) is 141 Å². The van der Waals surface area contributed by atoms with Gasteiger partial charge in [-0.3, -0.25) is 14.4 Å². The predicted molar refractivity (Wildman–Crippen MR) is 297 cm³/mol. The highest BCUT2D eigenvalue weighted by Gasteiger charge is 2.19. The maximum atomic E-state index is 12.9. The molecule has 0 aliphatic rings. The lowest BCUT2D eigenvalue weighted by Gasteiger charge is -2.18. The predicted octanol–water partition coefficient (Wildman–Crippen LogP) is 19.5. The molecule has 0 N–H and O–H groups in total. The molecular weight excluding hydrogens is 853 g/mol. The Labute approximate surface area is 426 Å². The summed E-state index contributed by atoms with van der Waals surface area (Å²) in [4.78, 5) is 38.2. The second kappa shape index (κ2) is 57.2. The van der Waals surface area contributed by atoms with E-state index in [0.717, 1.165) is 96.3 Å². The number of rotatable bonds is 52. The molecule has 0 radical (unpaired) electrons. The third-order valence-electron chi connectivity index (χ3n) is 12.4. The molecule has 0 amide bonds. The Morgan fingerprint density at radius 3 is 0.928 bits per heavy atom. The van der Waals surface area contributed by atoms with E-state index < -0.39 is 6.10 Å². The number of ether oxygens (including phenoxy) is 3. The first-order chi connectivity index (χ1) is 34.0. The summed E-state index contributed by atoms with van der Waals surface area (Å²) in [6.07, 6.45) is 74.2. The van der Waals surface area contributed by atoms with Crippen molar-refractivity contribution in [1.29, 1.82) is 0 Å². The van der Waals surface area contributed by atoms with Crippen molar-refractivity contribution < 1.29 is 28.6 Å². The van der Waals surface area contributed by atoms with Crippen LogP contribution < -0.4 is 0 Å². The van der Waals surface area contributed by atoms with E-state index in [1.807, 2.05) is 0 Å². The van der Waals surface area contributed by atoms with Gasteiger partial charge in [0.2, 0.25) is 0 Å². The van der Waals surface area contributed by atoms with Crippen LogP contribution in [0.5, 0.6) is 0 Å². The van der Waals surface area contributed by atoms with E-state index >= 15 is 0 Å². The summed E-state index contributed by atoms with van der Waals surface area (Å²) in [6.45, 7) is 6.49. The maximum absolute atomic E-state index is 12.9. The zero-order valence-corrected chi connectivity index (χ0v) is 45.3. The zero-order chi connectivity index (χ0) is 50.0. The van der Waals surface area contributed by atoms with Crippen molar-refractivity contribution in [3.8, 4) is 0 Å². The van der Waals surface area contributed by atoms with Crippen LogP contribution in [-0.4, -0.2) is 37.2 Å². The van der Waals surface area contributed by atoms with Crippen molar-refractivity contribution in [3.05, 3.63) is 85.1 Å². The molecule has 6 nitrogen and oxygen atoms in total. The van der Waals surface area contributed by atoms with Gasteiger partial charge >= 0.3 is 17.9 Å². The number of carbonyl (C=O) groups is 3. The van der Waals surface area contributed by atoms with Crippen LogP contribution in [0.3, 0.4) is 0 Å². The Morgan fingerprint density at radius 2 is 0.565 bits per heavy atom. The summed E-state index contributed by atoms with van der Waals surface area (Å²) >= 11 is 0. The van der Waals surface area contributed by atoms with Crippen molar-refractivity contribution in [2.75, 3.05) is 13.2 Å². The molecule has 0 aromatic rings. The second-order valence-electron chi connectivity index (χ2n) is 19.2. The number of unbranched alkanes of at least 4 members (excludes halogenated alkanes) is 27. The van der Waals surface area contributed by atoms with Crippen LogP contribution in [0.1, 0.15) is 278 Å². The molecule has 69 heavy (non-hydrogen) atoms. The molecule has 0 saturated carbocycles. The quantitative estimate of drug-likeness (QED) is 0.0262. The Morgan fingerprint density at radius 1 is 0.304 bits per heavy atom. The smallest absolute Gasteiger partial charge is 0.306 e. The van der Waals surface area contributed by atoms with Crippen molar-refractivity contribution in [2.24, 2.45) is 0 Å². The third kappa shape index (κ3) is 55.4. The lowest BCUT2D eigenvalue weighted by molar-refractivity contribution is -0.167. The fraction of sp³-hybridized carbons (Fsp3) is 0.730. The van der Waals surface area contributed by atoms with Crippen molar-refractivity contribution >= 4 is 17.9 Å². The summed E-state index contributed by atoms with van der Waals surface area (Å²) in [5.74, 6) is -0.928. The van der Waals surface area contributed by atoms with Crippen LogP contribution in [-0.2, 0) is 28.6 Å². The minimum absolute atomic E-state index is 0.0932. The highest BCUT2D eigenvalue weighted by atomic mass is 16.6. The van der Waals surface area contributed by atoms with Gasteiger partial charge in [-0.25, -0.2) is 0 Å². The Bertz CT molecular complexity index is 1330. The molecule has 0 aliphatic heterocycles. The van der Waals surface area contributed by atoms with Crippen LogP contribution in [0.25, 0.3) is 0 Å². The highest BCUT2D eigenvalue weighted by molar-refractivity contribution is 5.71. The van der Waals surface area contributed by atoms with Crippen LogP contribution >= 0.6 is 0 Å². The molecule has 6 heteroatoms. The summed E-state index contributed by atoms with van der Waals surface area (Å²) < 4.78 is 16.8. The Kier molecular flexibility index (Phi) is 54.3. The average Bonchev–Trinajstić information content (AvgIpc) is 3.35. The van der Waals surface area contributed by atoms with E-state index in [1.54, 1.807) is 0 Å². The number of allylic oxidation sites excluding steroid dienone is 14. The van der Waals surface area contributed by atoms with Gasteiger partial charge < -0.3 is 14.2 Å². The minimum atomic E-state index is -0.798. The fourth-order valence-electron chi connectivity index (χ4n) is 7.99. The van der Waals surface area contributed by atoms with Gasteiger partial charge in [0.1, 0.15) is 13.2 Å². The first kappa shape index (κ1) is 65.6. The summed E-state index contributed by atoms with van der Waals surface area (Å²) in [7, 11) is 0. The van der Waals surface area contributed by atoms with E-state index in [2.05, 4.69) is 106 Å². The zero-order valence-electron chi connectivity index (χ0n) is 45.3. The van der Waals surface area contributed by atoms with Gasteiger partial charge in [-0.2, -0.15) is 0 Å². The van der Waals surface area contributed by atoms with Gasteiger partial charge in [-0.1, -0.05) is 228 Å². The topological polar surface area (TPSA) is 78.9 Å². The molecule has 0 aliphatic carbocycles. The molecule has 0 aromatic heterocycles. The monoisotopic (exact) mass is 961 g/mol. The van der Waals surface area contributed by atoms with Gasteiger partial charge in [0.05, 0.1) is 0 Å². The SMILES string of the molecule is CC/C=C\C/C=C\C/C=C\C/C=C\C/C=C\CCCCCC(=O)O[C@@H](COC(=O)CCCCCCCCC/C=C\CCCCCC)COC(=O)CCCCCCCCC/C=C\CCCCCCCC. The van der Waals surface area contributed by atoms with Gasteiger partial charge in [0.15, 0.2) is 6.10 Å². The standard InChI is InChI=1S/C63H108O6/c1-4-7-10-13-16-19-22-25-28-30-31-33-36-39-42-45-48-51-54-57-63(66)69-60(58-67-61(64)55-52-49-46-43-40-37-34-27-24-21-18-15-12-9-6-3)59-68-62(65)56-53-50-47-44-41-38-35-32-29-26-23-20-17-14-11-8-5-2/h7,10,16,19,21,24-26,28-29,31,33,39,42,60H,4-6,8-9,11-15,17-18,20,22-23,27,30,32,34-38,40-41,43-59H2,1-3H3/b10-7-,19-16-,24-21-,28-25-,29-26-,33-31-,42-39-/t60-/m0/s1. The largest absolute Gasteiger partial charge is 0.462 e. The van der Waals surface area contributed by atoms with Gasteiger partial charge in [-0.15, -0.1) is 0 Å². The van der Waals surface area contributed by atoms with Crippen molar-refractivity contribution in [1.82, 2.24) is 0 Å². The van der Waals surface area contributed by atoms with Crippen molar-refractivity contribution in [3.63, 3.8) is 0 Å². The van der Waals surface area contributed by atoms with Crippen LogP contribution in [0, 0.1) is 0 Å². The number of carbonyl (C=O) groups excluding carboxylic acids is 3. The molecular formula is C63H108O6. The number of hydrogen-bond acceptors (Lipinski definition) is 6. The normalized spacial score (nSPS) is 12.7. The third-order valence-corrected chi connectivity index (χ3v) is 12.4. The van der Waals surface area contributed by atoms with E-state index in [4.69, 9.17) is 14.2 Å². The van der Waals surface area contributed by atoms with Crippen molar-refractivity contribution in [2.45, 2.75) is 284 Å². The molecule has 0 fully saturated rings. The first-order valence-electron chi connectivity index (χ1n) is 29.1. The van der Waals surface area contributed by atoms with E-state index in [9.17, 15) is 14.4 Å². The number of hydrogen-bond donors (Lipinski definition) is 0. The lowest BCUT2D eigenvalue weighted by atomic mass is 10.1.